The van der Waals surface area contributed by atoms with Crippen molar-refractivity contribution in [3.8, 4) is 17.1 Å². The molecule has 0 spiro atoms. The normalized spacial score (nSPS) is 10.9. The first-order valence-corrected chi connectivity index (χ1v) is 6.44. The first kappa shape index (κ1) is 14.1. The Labute approximate surface area is 124 Å². The van der Waals surface area contributed by atoms with E-state index < -0.39 is 17.6 Å². The number of aromatic carboxylic acids is 1. The van der Waals surface area contributed by atoms with Crippen LogP contribution in [0.3, 0.4) is 0 Å². The highest BCUT2D eigenvalue weighted by Crippen LogP contribution is 2.31. The SMILES string of the molecule is Cc1c(C(=O)O)cc(-c2ccco2)n1-c1ccc(F)cc1F. The summed E-state index contributed by atoms with van der Waals surface area (Å²) in [7, 11) is 0. The monoisotopic (exact) mass is 303 g/mol. The molecule has 0 radical (unpaired) electrons. The van der Waals surface area contributed by atoms with E-state index in [-0.39, 0.29) is 11.3 Å². The summed E-state index contributed by atoms with van der Waals surface area (Å²) in [6, 6.07) is 7.81. The van der Waals surface area contributed by atoms with Crippen LogP contribution in [0.25, 0.3) is 17.1 Å². The van der Waals surface area contributed by atoms with Crippen molar-refractivity contribution in [3.63, 3.8) is 0 Å². The maximum Gasteiger partial charge on any atom is 0.337 e. The highest BCUT2D eigenvalue weighted by atomic mass is 19.1. The zero-order valence-corrected chi connectivity index (χ0v) is 11.5. The van der Waals surface area contributed by atoms with Crippen molar-refractivity contribution in [1.82, 2.24) is 4.57 Å². The number of carbonyl (C=O) groups is 1. The van der Waals surface area contributed by atoms with Crippen LogP contribution in [0.1, 0.15) is 16.1 Å². The van der Waals surface area contributed by atoms with E-state index in [1.807, 2.05) is 0 Å². The molecular formula is C16H11F2NO3. The van der Waals surface area contributed by atoms with Crippen LogP contribution in [0, 0.1) is 18.6 Å². The van der Waals surface area contributed by atoms with Crippen LogP contribution in [0.4, 0.5) is 8.78 Å². The van der Waals surface area contributed by atoms with Gasteiger partial charge in [-0.2, -0.15) is 0 Å². The maximum absolute atomic E-state index is 14.1. The van der Waals surface area contributed by atoms with Crippen molar-refractivity contribution in [2.75, 3.05) is 0 Å². The van der Waals surface area contributed by atoms with Crippen molar-refractivity contribution in [2.45, 2.75) is 6.92 Å². The van der Waals surface area contributed by atoms with Gasteiger partial charge in [0.25, 0.3) is 0 Å². The second-order valence-electron chi connectivity index (χ2n) is 4.74. The van der Waals surface area contributed by atoms with Crippen LogP contribution in [0.2, 0.25) is 0 Å². The lowest BCUT2D eigenvalue weighted by Crippen LogP contribution is -2.04. The van der Waals surface area contributed by atoms with Gasteiger partial charge in [-0.05, 0) is 37.3 Å². The zero-order valence-electron chi connectivity index (χ0n) is 11.5. The molecular weight excluding hydrogens is 292 g/mol. The Morgan fingerprint density at radius 2 is 2.00 bits per heavy atom. The second kappa shape index (κ2) is 5.14. The van der Waals surface area contributed by atoms with Gasteiger partial charge in [0, 0.05) is 11.8 Å². The van der Waals surface area contributed by atoms with Gasteiger partial charge in [0.15, 0.2) is 5.76 Å². The summed E-state index contributed by atoms with van der Waals surface area (Å²) in [5, 5.41) is 9.26. The van der Waals surface area contributed by atoms with E-state index >= 15 is 0 Å². The summed E-state index contributed by atoms with van der Waals surface area (Å²) in [4.78, 5) is 11.3. The molecule has 0 saturated carbocycles. The fourth-order valence-corrected chi connectivity index (χ4v) is 2.40. The number of carboxylic acids is 1. The van der Waals surface area contributed by atoms with Crippen molar-refractivity contribution in [2.24, 2.45) is 0 Å². The Hall–Kier alpha value is -2.89. The van der Waals surface area contributed by atoms with Crippen LogP contribution >= 0.6 is 0 Å². The highest BCUT2D eigenvalue weighted by molar-refractivity contribution is 5.91. The molecule has 22 heavy (non-hydrogen) atoms. The number of nitrogens with zero attached hydrogens (tertiary/aromatic N) is 1. The first-order valence-electron chi connectivity index (χ1n) is 6.44. The molecule has 0 amide bonds. The van der Waals surface area contributed by atoms with Gasteiger partial charge in [-0.25, -0.2) is 13.6 Å². The number of benzene rings is 1. The third-order valence-electron chi connectivity index (χ3n) is 3.40. The Balaban J connectivity index is 2.32. The smallest absolute Gasteiger partial charge is 0.337 e. The largest absolute Gasteiger partial charge is 0.478 e. The Morgan fingerprint density at radius 1 is 1.23 bits per heavy atom. The number of hydrogen-bond acceptors (Lipinski definition) is 2. The van der Waals surface area contributed by atoms with E-state index in [0.29, 0.717) is 17.1 Å². The number of carboxylic acid groups (broad SMARTS) is 1. The fourth-order valence-electron chi connectivity index (χ4n) is 2.40. The summed E-state index contributed by atoms with van der Waals surface area (Å²) < 4.78 is 33.9. The molecule has 3 rings (SSSR count). The molecule has 1 N–H and O–H groups in total. The maximum atomic E-state index is 14.1. The molecule has 0 fully saturated rings. The third-order valence-corrected chi connectivity index (χ3v) is 3.40. The lowest BCUT2D eigenvalue weighted by molar-refractivity contribution is 0.0696. The zero-order chi connectivity index (χ0) is 15.9. The van der Waals surface area contributed by atoms with Gasteiger partial charge in [-0.1, -0.05) is 0 Å². The molecule has 0 unspecified atom stereocenters. The van der Waals surface area contributed by atoms with Crippen molar-refractivity contribution in [1.29, 1.82) is 0 Å². The van der Waals surface area contributed by atoms with Crippen LogP contribution in [0.15, 0.2) is 47.1 Å². The van der Waals surface area contributed by atoms with Gasteiger partial charge in [0.1, 0.15) is 11.6 Å². The van der Waals surface area contributed by atoms with Crippen molar-refractivity contribution >= 4 is 5.97 Å². The molecule has 4 nitrogen and oxygen atoms in total. The van der Waals surface area contributed by atoms with Gasteiger partial charge in [-0.15, -0.1) is 0 Å². The Kier molecular flexibility index (Phi) is 3.29. The number of furan rings is 1. The average molecular weight is 303 g/mol. The predicted molar refractivity (Wildman–Crippen MR) is 75.1 cm³/mol. The lowest BCUT2D eigenvalue weighted by Gasteiger charge is -2.11. The van der Waals surface area contributed by atoms with Crippen LogP contribution in [-0.4, -0.2) is 15.6 Å². The van der Waals surface area contributed by atoms with Gasteiger partial charge in [0.05, 0.1) is 23.2 Å². The van der Waals surface area contributed by atoms with E-state index in [9.17, 15) is 18.7 Å². The number of hydrogen-bond donors (Lipinski definition) is 1. The fraction of sp³-hybridized carbons (Fsp3) is 0.0625. The predicted octanol–water partition coefficient (Wildman–Crippen LogP) is 4.02. The van der Waals surface area contributed by atoms with E-state index in [4.69, 9.17) is 4.42 Å². The van der Waals surface area contributed by atoms with Gasteiger partial charge in [0.2, 0.25) is 0 Å². The molecule has 112 valence electrons. The topological polar surface area (TPSA) is 55.4 Å². The minimum Gasteiger partial charge on any atom is -0.478 e. The second-order valence-corrected chi connectivity index (χ2v) is 4.74. The summed E-state index contributed by atoms with van der Waals surface area (Å²) >= 11 is 0. The van der Waals surface area contributed by atoms with Crippen LogP contribution < -0.4 is 0 Å². The number of rotatable bonds is 3. The minimum absolute atomic E-state index is 0.0233. The van der Waals surface area contributed by atoms with E-state index in [1.165, 1.54) is 23.0 Å². The molecule has 0 bridgehead atoms. The van der Waals surface area contributed by atoms with Crippen LogP contribution in [0.5, 0.6) is 0 Å². The lowest BCUT2D eigenvalue weighted by atomic mass is 10.2. The summed E-state index contributed by atoms with van der Waals surface area (Å²) in [5.74, 6) is -2.24. The van der Waals surface area contributed by atoms with E-state index in [1.54, 1.807) is 19.1 Å². The van der Waals surface area contributed by atoms with E-state index in [2.05, 4.69) is 0 Å². The first-order chi connectivity index (χ1) is 10.5. The van der Waals surface area contributed by atoms with E-state index in [0.717, 1.165) is 12.1 Å². The average Bonchev–Trinajstić information content (AvgIpc) is 3.07. The molecule has 3 aromatic rings. The number of halogens is 2. The summed E-state index contributed by atoms with van der Waals surface area (Å²) in [6.45, 7) is 1.55. The van der Waals surface area contributed by atoms with Crippen molar-refractivity contribution < 1.29 is 23.1 Å². The molecule has 0 saturated heterocycles. The summed E-state index contributed by atoms with van der Waals surface area (Å²) in [6.07, 6.45) is 1.43. The molecule has 0 aliphatic carbocycles. The number of aromatic nitrogens is 1. The third kappa shape index (κ3) is 2.18. The quantitative estimate of drug-likeness (QED) is 0.795. The molecule has 0 aliphatic rings. The molecule has 2 heterocycles. The van der Waals surface area contributed by atoms with Gasteiger partial charge >= 0.3 is 5.97 Å². The Morgan fingerprint density at radius 3 is 2.59 bits per heavy atom. The standard InChI is InChI=1S/C16H11F2NO3/c1-9-11(16(20)21)8-14(15-3-2-6-22-15)19(9)13-5-4-10(17)7-12(13)18/h2-8H,1H3,(H,20,21). The molecule has 0 aliphatic heterocycles. The molecule has 2 aromatic heterocycles. The van der Waals surface area contributed by atoms with Crippen molar-refractivity contribution in [3.05, 3.63) is 65.6 Å². The summed E-state index contributed by atoms with van der Waals surface area (Å²) in [5.41, 5.74) is 0.780. The molecule has 1 aromatic carbocycles. The van der Waals surface area contributed by atoms with Gasteiger partial charge in [-0.3, -0.25) is 0 Å². The molecule has 6 heteroatoms. The highest BCUT2D eigenvalue weighted by Gasteiger charge is 2.22. The molecule has 0 atom stereocenters. The Bertz CT molecular complexity index is 851. The van der Waals surface area contributed by atoms with Crippen LogP contribution in [-0.2, 0) is 0 Å². The minimum atomic E-state index is -1.13. The van der Waals surface area contributed by atoms with Gasteiger partial charge < -0.3 is 14.1 Å².